The molecule has 33 heavy (non-hydrogen) atoms. The number of nitrogens with zero attached hydrogens (tertiary/aromatic N) is 2. The van der Waals surface area contributed by atoms with Crippen LogP contribution in [-0.4, -0.2) is 21.4 Å². The number of fused-ring (bicyclic) bond motifs is 2. The number of hydrogen-bond donors (Lipinski definition) is 0. The molecule has 3 aliphatic carbocycles. The van der Waals surface area contributed by atoms with Gasteiger partial charge in [0.05, 0.1) is 6.20 Å². The number of esters is 1. The molecule has 4 nitrogen and oxygen atoms in total. The van der Waals surface area contributed by atoms with Gasteiger partial charge >= 0.3 is 5.97 Å². The Kier molecular flexibility index (Phi) is 5.91. The van der Waals surface area contributed by atoms with Gasteiger partial charge in [-0.15, -0.1) is 0 Å². The van der Waals surface area contributed by atoms with Crippen LogP contribution < -0.4 is 0 Å². The molecule has 0 radical (unpaired) electrons. The molecule has 2 aromatic rings. The van der Waals surface area contributed by atoms with Crippen molar-refractivity contribution < 1.29 is 9.53 Å². The molecule has 1 spiro atoms. The van der Waals surface area contributed by atoms with E-state index in [1.165, 1.54) is 68.9 Å². The van der Waals surface area contributed by atoms with Gasteiger partial charge in [-0.2, -0.15) is 5.10 Å². The van der Waals surface area contributed by atoms with Gasteiger partial charge in [0.1, 0.15) is 5.60 Å². The third kappa shape index (κ3) is 4.90. The minimum atomic E-state index is -0.369. The van der Waals surface area contributed by atoms with Crippen molar-refractivity contribution in [3.8, 4) is 11.1 Å². The lowest BCUT2D eigenvalue weighted by atomic mass is 9.78. The third-order valence-electron chi connectivity index (χ3n) is 8.52. The summed E-state index contributed by atoms with van der Waals surface area (Å²) in [7, 11) is 1.99. The fourth-order valence-electron chi connectivity index (χ4n) is 6.68. The second-order valence-corrected chi connectivity index (χ2v) is 12.1. The molecule has 3 aliphatic rings. The summed E-state index contributed by atoms with van der Waals surface area (Å²) in [5, 5.41) is 4.36. The Bertz CT molecular complexity index is 1010. The van der Waals surface area contributed by atoms with E-state index in [4.69, 9.17) is 4.74 Å². The fraction of sp³-hybridized carbons (Fsp3) is 0.655. The minimum Gasteiger partial charge on any atom is -0.460 e. The van der Waals surface area contributed by atoms with Crippen LogP contribution in [0.3, 0.4) is 0 Å². The van der Waals surface area contributed by atoms with Gasteiger partial charge in [0.15, 0.2) is 0 Å². The zero-order chi connectivity index (χ0) is 23.2. The number of carbonyl (C=O) groups excluding carboxylic acids is 1. The number of carbonyl (C=O) groups is 1. The first-order valence-electron chi connectivity index (χ1n) is 13.1. The van der Waals surface area contributed by atoms with E-state index in [2.05, 4.69) is 29.5 Å². The van der Waals surface area contributed by atoms with Gasteiger partial charge in [-0.25, -0.2) is 0 Å². The lowest BCUT2D eigenvalue weighted by Crippen LogP contribution is -2.26. The molecular formula is C29H40N2O2. The molecule has 0 saturated heterocycles. The molecule has 178 valence electrons. The van der Waals surface area contributed by atoms with Crippen LogP contribution in [0.25, 0.3) is 11.1 Å². The van der Waals surface area contributed by atoms with Crippen molar-refractivity contribution in [2.75, 3.05) is 0 Å². The maximum absolute atomic E-state index is 12.2. The predicted molar refractivity (Wildman–Crippen MR) is 132 cm³/mol. The molecule has 1 aromatic carbocycles. The largest absolute Gasteiger partial charge is 0.460 e. The first kappa shape index (κ1) is 22.7. The van der Waals surface area contributed by atoms with Crippen LogP contribution in [0.4, 0.5) is 0 Å². The van der Waals surface area contributed by atoms with Crippen LogP contribution in [-0.2, 0) is 28.4 Å². The molecule has 2 unspecified atom stereocenters. The van der Waals surface area contributed by atoms with Crippen molar-refractivity contribution in [3.05, 3.63) is 41.7 Å². The number of benzene rings is 1. The maximum atomic E-state index is 12.2. The van der Waals surface area contributed by atoms with Gasteiger partial charge in [-0.1, -0.05) is 37.5 Å². The van der Waals surface area contributed by atoms with Crippen LogP contribution >= 0.6 is 0 Å². The Morgan fingerprint density at radius 3 is 2.58 bits per heavy atom. The van der Waals surface area contributed by atoms with E-state index in [-0.39, 0.29) is 11.6 Å². The second kappa shape index (κ2) is 8.60. The monoisotopic (exact) mass is 448 g/mol. The number of hydrogen-bond acceptors (Lipinski definition) is 3. The van der Waals surface area contributed by atoms with Crippen LogP contribution in [0.15, 0.2) is 30.6 Å². The first-order chi connectivity index (χ1) is 15.7. The van der Waals surface area contributed by atoms with Crippen molar-refractivity contribution in [1.82, 2.24) is 9.78 Å². The highest BCUT2D eigenvalue weighted by molar-refractivity contribution is 5.70. The number of rotatable bonds is 6. The summed E-state index contributed by atoms with van der Waals surface area (Å²) in [4.78, 5) is 12.2. The van der Waals surface area contributed by atoms with Crippen LogP contribution in [0.2, 0.25) is 0 Å². The molecule has 2 fully saturated rings. The molecule has 0 N–H and O–H groups in total. The maximum Gasteiger partial charge on any atom is 0.306 e. The topological polar surface area (TPSA) is 44.1 Å². The lowest BCUT2D eigenvalue weighted by Gasteiger charge is -2.29. The first-order valence-corrected chi connectivity index (χ1v) is 13.1. The molecular weight excluding hydrogens is 408 g/mol. The number of aryl methyl sites for hydroxylation is 2. The van der Waals surface area contributed by atoms with Crippen LogP contribution in [0, 0.1) is 17.8 Å². The zero-order valence-electron chi connectivity index (χ0n) is 20.9. The van der Waals surface area contributed by atoms with Gasteiger partial charge in [0.2, 0.25) is 0 Å². The number of ether oxygens (including phenoxy) is 1. The zero-order valence-corrected chi connectivity index (χ0v) is 20.9. The summed E-state index contributed by atoms with van der Waals surface area (Å²) >= 11 is 0. The lowest BCUT2D eigenvalue weighted by molar-refractivity contribution is -0.156. The Balaban J connectivity index is 1.12. The summed E-state index contributed by atoms with van der Waals surface area (Å²) in [6.45, 7) is 5.86. The molecule has 1 aromatic heterocycles. The highest BCUT2D eigenvalue weighted by atomic mass is 16.6. The molecule has 5 rings (SSSR count). The smallest absolute Gasteiger partial charge is 0.306 e. The fourth-order valence-corrected chi connectivity index (χ4v) is 6.68. The Labute approximate surface area is 199 Å². The summed E-state index contributed by atoms with van der Waals surface area (Å²) in [6, 6.07) is 7.12. The molecule has 0 bridgehead atoms. The van der Waals surface area contributed by atoms with Gasteiger partial charge in [0, 0.05) is 25.2 Å². The van der Waals surface area contributed by atoms with Crippen molar-refractivity contribution >= 4 is 5.97 Å². The normalized spacial score (nSPS) is 28.7. The van der Waals surface area contributed by atoms with Gasteiger partial charge in [-0.05, 0) is 99.2 Å². The summed E-state index contributed by atoms with van der Waals surface area (Å²) in [5.41, 5.74) is 5.84. The van der Waals surface area contributed by atoms with Crippen molar-refractivity contribution in [2.45, 2.75) is 96.0 Å². The summed E-state index contributed by atoms with van der Waals surface area (Å²) < 4.78 is 7.42. The van der Waals surface area contributed by atoms with E-state index >= 15 is 0 Å². The molecule has 2 saturated carbocycles. The molecule has 2 atom stereocenters. The standard InChI is InChI=1S/C29H40N2O2/c1-28(2,3)33-27(32)15-21-7-5-20(6-8-21)9-12-25-17-29(25)14-13-22-10-11-23(16-26(22)29)24-18-30-31(4)19-24/h10-11,16,18-21,25H,5-9,12-15,17H2,1-4H3. The van der Waals surface area contributed by atoms with E-state index in [1.54, 1.807) is 11.1 Å². The third-order valence-corrected chi connectivity index (χ3v) is 8.52. The SMILES string of the molecule is Cn1cc(-c2ccc3c(c2)C2(CC3)CC2CCC2CCC(CC(=O)OC(C)(C)C)CC2)cn1. The van der Waals surface area contributed by atoms with Crippen molar-refractivity contribution in [3.63, 3.8) is 0 Å². The average Bonchev–Trinajstić information content (AvgIpc) is 3.07. The molecule has 1 heterocycles. The number of aromatic nitrogens is 2. The Morgan fingerprint density at radius 2 is 1.88 bits per heavy atom. The van der Waals surface area contributed by atoms with Crippen LogP contribution in [0.1, 0.15) is 89.7 Å². The second-order valence-electron chi connectivity index (χ2n) is 12.1. The van der Waals surface area contributed by atoms with Gasteiger partial charge < -0.3 is 4.74 Å². The minimum absolute atomic E-state index is 0.0172. The van der Waals surface area contributed by atoms with Gasteiger partial charge in [0.25, 0.3) is 0 Å². The van der Waals surface area contributed by atoms with E-state index in [9.17, 15) is 4.79 Å². The van der Waals surface area contributed by atoms with Gasteiger partial charge in [-0.3, -0.25) is 9.48 Å². The highest BCUT2D eigenvalue weighted by Crippen LogP contribution is 2.63. The highest BCUT2D eigenvalue weighted by Gasteiger charge is 2.57. The van der Waals surface area contributed by atoms with Crippen molar-refractivity contribution in [1.29, 1.82) is 0 Å². The summed E-state index contributed by atoms with van der Waals surface area (Å²) in [6.07, 6.45) is 16.4. The van der Waals surface area contributed by atoms with Crippen molar-refractivity contribution in [2.24, 2.45) is 24.8 Å². The van der Waals surface area contributed by atoms with E-state index in [1.807, 2.05) is 38.7 Å². The quantitative estimate of drug-likeness (QED) is 0.467. The molecule has 0 aliphatic heterocycles. The average molecular weight is 449 g/mol. The van der Waals surface area contributed by atoms with E-state index < -0.39 is 0 Å². The molecule has 4 heteroatoms. The van der Waals surface area contributed by atoms with Crippen LogP contribution in [0.5, 0.6) is 0 Å². The predicted octanol–water partition coefficient (Wildman–Crippen LogP) is 6.61. The van der Waals surface area contributed by atoms with E-state index in [0.717, 1.165) is 11.8 Å². The molecule has 0 amide bonds. The summed E-state index contributed by atoms with van der Waals surface area (Å²) in [5.74, 6) is 2.22. The van der Waals surface area contributed by atoms with E-state index in [0.29, 0.717) is 17.8 Å². The Hall–Kier alpha value is -2.10. The Morgan fingerprint density at radius 1 is 1.12 bits per heavy atom.